The van der Waals surface area contributed by atoms with Gasteiger partial charge in [-0.05, 0) is 30.7 Å². The van der Waals surface area contributed by atoms with E-state index in [1.807, 2.05) is 19.1 Å². The van der Waals surface area contributed by atoms with E-state index in [0.29, 0.717) is 16.9 Å². The number of non-ortho nitro benzene ring substituents is 1. The standard InChI is InChI=1S/C17H13NO5/c1-11-2-7-15-12(9-17(19)23-16(15)8-11)10-22-14-5-3-13(4-6-14)18(20)21/h2-9H,10H2,1H3. The van der Waals surface area contributed by atoms with Gasteiger partial charge in [0.2, 0.25) is 0 Å². The number of ether oxygens (including phenoxy) is 1. The Bertz CT molecular complexity index is 928. The molecule has 0 N–H and O–H groups in total. The lowest BCUT2D eigenvalue weighted by Crippen LogP contribution is -2.04. The Hall–Kier alpha value is -3.15. The average molecular weight is 311 g/mol. The van der Waals surface area contributed by atoms with Gasteiger partial charge in [0.15, 0.2) is 0 Å². The van der Waals surface area contributed by atoms with Gasteiger partial charge < -0.3 is 9.15 Å². The first-order valence-corrected chi connectivity index (χ1v) is 6.93. The summed E-state index contributed by atoms with van der Waals surface area (Å²) in [5.74, 6) is 0.490. The molecule has 0 radical (unpaired) electrons. The number of hydrogen-bond donors (Lipinski definition) is 0. The van der Waals surface area contributed by atoms with Crippen LogP contribution in [0.4, 0.5) is 5.69 Å². The van der Waals surface area contributed by atoms with E-state index in [1.165, 1.54) is 30.3 Å². The second kappa shape index (κ2) is 5.92. The summed E-state index contributed by atoms with van der Waals surface area (Å²) in [6.07, 6.45) is 0. The molecule has 6 nitrogen and oxygen atoms in total. The summed E-state index contributed by atoms with van der Waals surface area (Å²) in [7, 11) is 0. The largest absolute Gasteiger partial charge is 0.489 e. The molecule has 1 heterocycles. The highest BCUT2D eigenvalue weighted by atomic mass is 16.6. The number of benzene rings is 2. The molecule has 0 saturated carbocycles. The number of nitrogens with zero attached hydrogens (tertiary/aromatic N) is 1. The molecule has 116 valence electrons. The molecule has 1 aromatic heterocycles. The average Bonchev–Trinajstić information content (AvgIpc) is 2.52. The summed E-state index contributed by atoms with van der Waals surface area (Å²) >= 11 is 0. The zero-order valence-electron chi connectivity index (χ0n) is 12.3. The molecule has 0 fully saturated rings. The fourth-order valence-electron chi connectivity index (χ4n) is 2.28. The predicted molar refractivity (Wildman–Crippen MR) is 84.6 cm³/mol. The molecule has 0 spiro atoms. The SMILES string of the molecule is Cc1ccc2c(COc3ccc([N+](=O)[O-])cc3)cc(=O)oc2c1. The maximum absolute atomic E-state index is 11.6. The second-order valence-electron chi connectivity index (χ2n) is 5.13. The first-order valence-electron chi connectivity index (χ1n) is 6.93. The molecule has 23 heavy (non-hydrogen) atoms. The van der Waals surface area contributed by atoms with Gasteiger partial charge >= 0.3 is 5.63 Å². The smallest absolute Gasteiger partial charge is 0.336 e. The van der Waals surface area contributed by atoms with Crippen molar-refractivity contribution in [3.05, 3.63) is 80.2 Å². The lowest BCUT2D eigenvalue weighted by Gasteiger charge is -2.08. The molecule has 0 bridgehead atoms. The van der Waals surface area contributed by atoms with E-state index in [1.54, 1.807) is 6.07 Å². The van der Waals surface area contributed by atoms with Gasteiger partial charge in [0.05, 0.1) is 4.92 Å². The van der Waals surface area contributed by atoms with Crippen molar-refractivity contribution in [3.8, 4) is 5.75 Å². The molecule has 0 unspecified atom stereocenters. The lowest BCUT2D eigenvalue weighted by molar-refractivity contribution is -0.384. The van der Waals surface area contributed by atoms with E-state index in [9.17, 15) is 14.9 Å². The molecule has 3 aromatic rings. The van der Waals surface area contributed by atoms with Crippen LogP contribution >= 0.6 is 0 Å². The number of hydrogen-bond acceptors (Lipinski definition) is 5. The molecule has 3 rings (SSSR count). The quantitative estimate of drug-likeness (QED) is 0.418. The van der Waals surface area contributed by atoms with E-state index < -0.39 is 10.5 Å². The van der Waals surface area contributed by atoms with Crippen molar-refractivity contribution in [1.82, 2.24) is 0 Å². The van der Waals surface area contributed by atoms with Crippen molar-refractivity contribution in [3.63, 3.8) is 0 Å². The Morgan fingerprint density at radius 2 is 1.87 bits per heavy atom. The van der Waals surface area contributed by atoms with Gasteiger partial charge in [-0.25, -0.2) is 4.79 Å². The maximum Gasteiger partial charge on any atom is 0.336 e. The molecule has 0 saturated heterocycles. The molecule has 0 aliphatic rings. The van der Waals surface area contributed by atoms with Crippen LogP contribution in [0, 0.1) is 17.0 Å². The molecule has 0 amide bonds. The van der Waals surface area contributed by atoms with Crippen molar-refractivity contribution < 1.29 is 14.1 Å². The van der Waals surface area contributed by atoms with Gasteiger partial charge in [-0.15, -0.1) is 0 Å². The Labute approximate surface area is 131 Å². The van der Waals surface area contributed by atoms with Crippen molar-refractivity contribution in [2.45, 2.75) is 13.5 Å². The molecule has 0 aliphatic heterocycles. The number of nitro groups is 1. The second-order valence-corrected chi connectivity index (χ2v) is 5.13. The minimum Gasteiger partial charge on any atom is -0.489 e. The van der Waals surface area contributed by atoms with Crippen LogP contribution in [-0.2, 0) is 6.61 Å². The van der Waals surface area contributed by atoms with Gasteiger partial charge in [-0.3, -0.25) is 10.1 Å². The van der Waals surface area contributed by atoms with E-state index >= 15 is 0 Å². The van der Waals surface area contributed by atoms with E-state index in [-0.39, 0.29) is 12.3 Å². The summed E-state index contributed by atoms with van der Waals surface area (Å²) in [4.78, 5) is 21.8. The first-order chi connectivity index (χ1) is 11.0. The van der Waals surface area contributed by atoms with E-state index in [4.69, 9.17) is 9.15 Å². The number of fused-ring (bicyclic) bond motifs is 1. The van der Waals surface area contributed by atoms with Crippen LogP contribution in [0.3, 0.4) is 0 Å². The number of nitro benzene ring substituents is 1. The Kier molecular flexibility index (Phi) is 3.80. The number of rotatable bonds is 4. The third kappa shape index (κ3) is 3.21. The van der Waals surface area contributed by atoms with Crippen LogP contribution in [0.5, 0.6) is 5.75 Å². The third-order valence-corrected chi connectivity index (χ3v) is 3.43. The molecule has 2 aromatic carbocycles. The van der Waals surface area contributed by atoms with Crippen LogP contribution in [0.15, 0.2) is 57.7 Å². The van der Waals surface area contributed by atoms with Gasteiger partial charge in [-0.2, -0.15) is 0 Å². The third-order valence-electron chi connectivity index (χ3n) is 3.43. The van der Waals surface area contributed by atoms with Gasteiger partial charge in [0.1, 0.15) is 17.9 Å². The summed E-state index contributed by atoms with van der Waals surface area (Å²) < 4.78 is 10.8. The number of aryl methyl sites for hydroxylation is 1. The fraction of sp³-hybridized carbons (Fsp3) is 0.118. The minimum atomic E-state index is -0.470. The Morgan fingerprint density at radius 3 is 2.57 bits per heavy atom. The van der Waals surface area contributed by atoms with Crippen LogP contribution in [0.25, 0.3) is 11.0 Å². The van der Waals surface area contributed by atoms with Crippen molar-refractivity contribution in [2.75, 3.05) is 0 Å². The summed E-state index contributed by atoms with van der Waals surface area (Å²) in [5.41, 5.74) is 1.77. The minimum absolute atomic E-state index is 0.00127. The monoisotopic (exact) mass is 311 g/mol. The zero-order valence-corrected chi connectivity index (χ0v) is 12.3. The van der Waals surface area contributed by atoms with Crippen molar-refractivity contribution in [1.29, 1.82) is 0 Å². The van der Waals surface area contributed by atoms with Crippen molar-refractivity contribution in [2.24, 2.45) is 0 Å². The molecule has 6 heteroatoms. The lowest BCUT2D eigenvalue weighted by atomic mass is 10.1. The maximum atomic E-state index is 11.6. The van der Waals surface area contributed by atoms with Gasteiger partial charge in [-0.1, -0.05) is 12.1 Å². The van der Waals surface area contributed by atoms with E-state index in [2.05, 4.69) is 0 Å². The fourth-order valence-corrected chi connectivity index (χ4v) is 2.28. The first kappa shape index (κ1) is 14.8. The van der Waals surface area contributed by atoms with Gasteiger partial charge in [0.25, 0.3) is 5.69 Å². The Balaban J connectivity index is 1.86. The van der Waals surface area contributed by atoms with E-state index in [0.717, 1.165) is 10.9 Å². The molecular formula is C17H13NO5. The molecular weight excluding hydrogens is 298 g/mol. The molecule has 0 aliphatic carbocycles. The normalized spacial score (nSPS) is 10.7. The van der Waals surface area contributed by atoms with Crippen LogP contribution in [0.2, 0.25) is 0 Å². The van der Waals surface area contributed by atoms with Crippen LogP contribution < -0.4 is 10.4 Å². The van der Waals surface area contributed by atoms with Crippen LogP contribution in [0.1, 0.15) is 11.1 Å². The summed E-state index contributed by atoms with van der Waals surface area (Å²) in [5, 5.41) is 11.4. The highest BCUT2D eigenvalue weighted by Gasteiger charge is 2.08. The highest BCUT2D eigenvalue weighted by molar-refractivity contribution is 5.80. The van der Waals surface area contributed by atoms with Crippen LogP contribution in [-0.4, -0.2) is 4.92 Å². The van der Waals surface area contributed by atoms with Gasteiger partial charge in [0, 0.05) is 29.1 Å². The van der Waals surface area contributed by atoms with Crippen molar-refractivity contribution >= 4 is 16.7 Å². The summed E-state index contributed by atoms with van der Waals surface area (Å²) in [6.45, 7) is 2.09. The highest BCUT2D eigenvalue weighted by Crippen LogP contribution is 2.22. The Morgan fingerprint density at radius 1 is 1.13 bits per heavy atom. The zero-order chi connectivity index (χ0) is 16.4. The predicted octanol–water partition coefficient (Wildman–Crippen LogP) is 3.59. The summed E-state index contributed by atoms with van der Waals surface area (Å²) in [6, 6.07) is 12.8. The molecule has 0 atom stereocenters. The topological polar surface area (TPSA) is 82.6 Å².